The number of carbonyl (C=O) groups excluding carboxylic acids is 4. The van der Waals surface area contributed by atoms with Gasteiger partial charge >= 0.3 is 0 Å². The number of para-hydroxylation sites is 1. The van der Waals surface area contributed by atoms with Gasteiger partial charge in [-0.05, 0) is 71.8 Å². The standard InChI is InChI=1S/C34H31ClN4O5/c1-37(2)26-16-14-25(15-17-26)36-33(42)31(23-10-12-24(35)13-11-23)39(20-22-8-18-27(44-3)19-9-22)30(40)21-38-29-7-5-4-6-28(29)32(41)34(38)43/h4-19,31H,20-21H2,1-3H3,(H,36,42)/t31-/m1/s1. The van der Waals surface area contributed by atoms with Gasteiger partial charge in [0.25, 0.3) is 17.6 Å². The van der Waals surface area contributed by atoms with Gasteiger partial charge in [0.2, 0.25) is 5.91 Å². The van der Waals surface area contributed by atoms with Crippen molar-refractivity contribution in [2.24, 2.45) is 0 Å². The van der Waals surface area contributed by atoms with E-state index in [0.717, 1.165) is 16.2 Å². The summed E-state index contributed by atoms with van der Waals surface area (Å²) in [4.78, 5) is 58.5. The highest BCUT2D eigenvalue weighted by Crippen LogP contribution is 2.31. The van der Waals surface area contributed by atoms with Crippen molar-refractivity contribution in [2.75, 3.05) is 42.9 Å². The molecule has 224 valence electrons. The number of hydrogen-bond donors (Lipinski definition) is 1. The van der Waals surface area contributed by atoms with E-state index in [9.17, 15) is 19.2 Å². The first-order valence-electron chi connectivity index (χ1n) is 13.9. The molecule has 0 saturated carbocycles. The van der Waals surface area contributed by atoms with Crippen molar-refractivity contribution >= 4 is 52.2 Å². The molecule has 0 fully saturated rings. The lowest BCUT2D eigenvalue weighted by Gasteiger charge is -2.33. The highest BCUT2D eigenvalue weighted by molar-refractivity contribution is 6.52. The van der Waals surface area contributed by atoms with E-state index in [-0.39, 0.29) is 12.1 Å². The van der Waals surface area contributed by atoms with Crippen LogP contribution in [-0.2, 0) is 20.9 Å². The number of fused-ring (bicyclic) bond motifs is 1. The minimum Gasteiger partial charge on any atom is -0.497 e. The summed E-state index contributed by atoms with van der Waals surface area (Å²) in [6.07, 6.45) is 0. The third kappa shape index (κ3) is 6.43. The summed E-state index contributed by atoms with van der Waals surface area (Å²) in [6.45, 7) is -0.409. The van der Waals surface area contributed by atoms with Gasteiger partial charge in [-0.1, -0.05) is 48.0 Å². The van der Waals surface area contributed by atoms with Gasteiger partial charge in [0.1, 0.15) is 18.3 Å². The predicted molar refractivity (Wildman–Crippen MR) is 170 cm³/mol. The largest absolute Gasteiger partial charge is 0.497 e. The van der Waals surface area contributed by atoms with Crippen LogP contribution in [0.1, 0.15) is 27.5 Å². The Morgan fingerprint density at radius 2 is 1.55 bits per heavy atom. The van der Waals surface area contributed by atoms with E-state index in [1.165, 1.54) is 4.90 Å². The molecule has 0 bridgehead atoms. The van der Waals surface area contributed by atoms with Crippen molar-refractivity contribution in [3.63, 3.8) is 0 Å². The zero-order chi connectivity index (χ0) is 31.4. The number of anilines is 3. The second-order valence-electron chi connectivity index (χ2n) is 10.5. The molecule has 9 nitrogen and oxygen atoms in total. The van der Waals surface area contributed by atoms with Gasteiger partial charge in [-0.3, -0.25) is 24.1 Å². The van der Waals surface area contributed by atoms with E-state index < -0.39 is 36.1 Å². The maximum Gasteiger partial charge on any atom is 0.299 e. The first-order chi connectivity index (χ1) is 21.2. The third-order valence-electron chi connectivity index (χ3n) is 7.40. The van der Waals surface area contributed by atoms with E-state index in [4.69, 9.17) is 16.3 Å². The Kier molecular flexibility index (Phi) is 8.96. The normalized spacial score (nSPS) is 12.9. The second-order valence-corrected chi connectivity index (χ2v) is 10.9. The molecule has 1 N–H and O–H groups in total. The highest BCUT2D eigenvalue weighted by atomic mass is 35.5. The maximum absolute atomic E-state index is 14.2. The molecule has 3 amide bonds. The van der Waals surface area contributed by atoms with Crippen LogP contribution in [0.2, 0.25) is 5.02 Å². The Morgan fingerprint density at radius 1 is 0.886 bits per heavy atom. The number of methoxy groups -OCH3 is 1. The summed E-state index contributed by atoms with van der Waals surface area (Å²) in [5.74, 6) is -1.83. The number of amides is 3. The number of carbonyl (C=O) groups is 4. The fourth-order valence-corrected chi connectivity index (χ4v) is 5.18. The van der Waals surface area contributed by atoms with Crippen LogP contribution in [0.25, 0.3) is 0 Å². The first-order valence-corrected chi connectivity index (χ1v) is 14.3. The summed E-state index contributed by atoms with van der Waals surface area (Å²) in [5.41, 5.74) is 3.34. The Bertz CT molecular complexity index is 1690. The number of benzene rings is 4. The lowest BCUT2D eigenvalue weighted by molar-refractivity contribution is -0.139. The van der Waals surface area contributed by atoms with Crippen molar-refractivity contribution < 1.29 is 23.9 Å². The topological polar surface area (TPSA) is 99.3 Å². The molecule has 10 heteroatoms. The third-order valence-corrected chi connectivity index (χ3v) is 7.65. The molecular formula is C34H31ClN4O5. The zero-order valence-corrected chi connectivity index (χ0v) is 25.2. The van der Waals surface area contributed by atoms with E-state index in [1.54, 1.807) is 92.0 Å². The molecule has 0 saturated heterocycles. The number of nitrogens with one attached hydrogen (secondary N) is 1. The molecule has 1 aliphatic heterocycles. The van der Waals surface area contributed by atoms with E-state index in [2.05, 4.69) is 5.32 Å². The van der Waals surface area contributed by atoms with Gasteiger partial charge in [0, 0.05) is 37.0 Å². The molecule has 0 unspecified atom stereocenters. The van der Waals surface area contributed by atoms with Crippen LogP contribution in [0.3, 0.4) is 0 Å². The van der Waals surface area contributed by atoms with E-state index in [1.807, 2.05) is 31.1 Å². The number of nitrogens with zero attached hydrogens (tertiary/aromatic N) is 3. The van der Waals surface area contributed by atoms with E-state index in [0.29, 0.717) is 27.7 Å². The molecule has 44 heavy (non-hydrogen) atoms. The molecule has 0 aromatic heterocycles. The number of ketones is 1. The summed E-state index contributed by atoms with van der Waals surface area (Å²) in [6, 6.07) is 26.6. The summed E-state index contributed by atoms with van der Waals surface area (Å²) < 4.78 is 5.28. The van der Waals surface area contributed by atoms with Gasteiger partial charge < -0.3 is 19.9 Å². The Labute approximate surface area is 260 Å². The minimum absolute atomic E-state index is 0.0285. The molecule has 1 atom stereocenters. The van der Waals surface area contributed by atoms with Gasteiger partial charge in [-0.2, -0.15) is 0 Å². The molecule has 4 aromatic rings. The lowest BCUT2D eigenvalue weighted by Crippen LogP contribution is -2.46. The van der Waals surface area contributed by atoms with Gasteiger partial charge in [-0.25, -0.2) is 0 Å². The Morgan fingerprint density at radius 3 is 2.18 bits per heavy atom. The Balaban J connectivity index is 1.53. The maximum atomic E-state index is 14.2. The Hall–Kier alpha value is -5.15. The van der Waals surface area contributed by atoms with E-state index >= 15 is 0 Å². The van der Waals surface area contributed by atoms with Crippen molar-refractivity contribution in [1.29, 1.82) is 0 Å². The van der Waals surface area contributed by atoms with Crippen LogP contribution < -0.4 is 19.9 Å². The molecule has 1 aliphatic rings. The van der Waals surface area contributed by atoms with Crippen molar-refractivity contribution in [3.8, 4) is 5.75 Å². The van der Waals surface area contributed by atoms with Crippen LogP contribution in [0.15, 0.2) is 97.1 Å². The fourth-order valence-electron chi connectivity index (χ4n) is 5.05. The van der Waals surface area contributed by atoms with Gasteiger partial charge in [0.05, 0.1) is 18.4 Å². The summed E-state index contributed by atoms with van der Waals surface area (Å²) in [7, 11) is 5.40. The quantitative estimate of drug-likeness (QED) is 0.243. The SMILES string of the molecule is COc1ccc(CN(C(=O)CN2C(=O)C(=O)c3ccccc32)[C@@H](C(=O)Nc2ccc(N(C)C)cc2)c2ccc(Cl)cc2)cc1. The van der Waals surface area contributed by atoms with Crippen molar-refractivity contribution in [3.05, 3.63) is 119 Å². The molecule has 0 spiro atoms. The molecule has 0 aliphatic carbocycles. The molecule has 5 rings (SSSR count). The first kappa shape index (κ1) is 30.3. The summed E-state index contributed by atoms with van der Waals surface area (Å²) >= 11 is 6.18. The van der Waals surface area contributed by atoms with Crippen LogP contribution in [-0.4, -0.2) is 56.2 Å². The van der Waals surface area contributed by atoms with Crippen molar-refractivity contribution in [2.45, 2.75) is 12.6 Å². The minimum atomic E-state index is -1.11. The molecule has 0 radical (unpaired) electrons. The highest BCUT2D eigenvalue weighted by Gasteiger charge is 2.39. The molecular weight excluding hydrogens is 580 g/mol. The number of rotatable bonds is 10. The van der Waals surface area contributed by atoms with Crippen LogP contribution in [0.5, 0.6) is 5.75 Å². The average Bonchev–Trinajstić information content (AvgIpc) is 3.27. The number of halogens is 1. The molecule has 4 aromatic carbocycles. The van der Waals surface area contributed by atoms with Crippen LogP contribution in [0, 0.1) is 0 Å². The second kappa shape index (κ2) is 13.0. The number of Topliss-reactive ketones (excluding diaryl/α,β-unsaturated/α-hetero) is 1. The molecule has 1 heterocycles. The number of hydrogen-bond acceptors (Lipinski definition) is 6. The predicted octanol–water partition coefficient (Wildman–Crippen LogP) is 5.35. The van der Waals surface area contributed by atoms with Crippen molar-refractivity contribution in [1.82, 2.24) is 4.90 Å². The van der Waals surface area contributed by atoms with Gasteiger partial charge in [-0.15, -0.1) is 0 Å². The summed E-state index contributed by atoms with van der Waals surface area (Å²) in [5, 5.41) is 3.42. The zero-order valence-electron chi connectivity index (χ0n) is 24.5. The lowest BCUT2D eigenvalue weighted by atomic mass is 10.0. The average molecular weight is 611 g/mol. The van der Waals surface area contributed by atoms with Crippen LogP contribution >= 0.6 is 11.6 Å². The smallest absolute Gasteiger partial charge is 0.299 e. The monoisotopic (exact) mass is 610 g/mol. The number of ether oxygens (including phenoxy) is 1. The van der Waals surface area contributed by atoms with Crippen LogP contribution in [0.4, 0.5) is 17.1 Å². The fraction of sp³-hybridized carbons (Fsp3) is 0.176. The van der Waals surface area contributed by atoms with Gasteiger partial charge in [0.15, 0.2) is 0 Å².